The van der Waals surface area contributed by atoms with Crippen molar-refractivity contribution in [3.8, 4) is 34.0 Å². The molecule has 0 saturated carbocycles. The molecule has 4 aromatic carbocycles. The van der Waals surface area contributed by atoms with Gasteiger partial charge in [0, 0.05) is 11.1 Å². The molecule has 1 aromatic heterocycles. The fraction of sp³-hybridized carbons (Fsp3) is 0. The predicted octanol–water partition coefficient (Wildman–Crippen LogP) is 7.13. The standard InChI is InChI=1S/C31H19F2NO4/c32-24-12-4-22(5-13-24)30(35)37-26-16-8-20(9-17-26)28-2-1-3-29(34-28)21-10-18-27(19-11-21)38-31(36)23-6-14-25(33)15-7-23/h1-19H. The minimum Gasteiger partial charge on any atom is -0.423 e. The molecule has 7 heteroatoms. The summed E-state index contributed by atoms with van der Waals surface area (Å²) in [7, 11) is 0. The molecule has 0 spiro atoms. The lowest BCUT2D eigenvalue weighted by atomic mass is 10.1. The molecule has 5 rings (SSSR count). The van der Waals surface area contributed by atoms with Gasteiger partial charge in [-0.25, -0.2) is 23.4 Å². The monoisotopic (exact) mass is 507 g/mol. The zero-order valence-electron chi connectivity index (χ0n) is 19.8. The first-order chi connectivity index (χ1) is 18.4. The maximum atomic E-state index is 13.1. The molecule has 0 unspecified atom stereocenters. The van der Waals surface area contributed by atoms with E-state index in [1.54, 1.807) is 48.5 Å². The maximum Gasteiger partial charge on any atom is 0.343 e. The molecule has 5 nitrogen and oxygen atoms in total. The van der Waals surface area contributed by atoms with Gasteiger partial charge in [0.2, 0.25) is 0 Å². The van der Waals surface area contributed by atoms with Crippen molar-refractivity contribution < 1.29 is 27.8 Å². The van der Waals surface area contributed by atoms with Crippen molar-refractivity contribution in [2.75, 3.05) is 0 Å². The maximum absolute atomic E-state index is 13.1. The molecule has 5 aromatic rings. The molecule has 0 amide bonds. The number of aromatic nitrogens is 1. The van der Waals surface area contributed by atoms with Crippen molar-refractivity contribution in [3.63, 3.8) is 0 Å². The van der Waals surface area contributed by atoms with Gasteiger partial charge in [0.1, 0.15) is 23.1 Å². The Morgan fingerprint density at radius 1 is 0.500 bits per heavy atom. The van der Waals surface area contributed by atoms with Gasteiger partial charge >= 0.3 is 11.9 Å². The number of benzene rings is 4. The Labute approximate surface area is 216 Å². The molecule has 0 atom stereocenters. The lowest BCUT2D eigenvalue weighted by molar-refractivity contribution is 0.0725. The summed E-state index contributed by atoms with van der Waals surface area (Å²) < 4.78 is 36.9. The zero-order chi connectivity index (χ0) is 26.5. The molecule has 0 fully saturated rings. The van der Waals surface area contributed by atoms with Gasteiger partial charge in [-0.2, -0.15) is 0 Å². The third-order valence-corrected chi connectivity index (χ3v) is 5.63. The highest BCUT2D eigenvalue weighted by Gasteiger charge is 2.11. The Kier molecular flexibility index (Phi) is 6.99. The fourth-order valence-electron chi connectivity index (χ4n) is 3.65. The average molecular weight is 507 g/mol. The third-order valence-electron chi connectivity index (χ3n) is 5.63. The number of pyridine rings is 1. The summed E-state index contributed by atoms with van der Waals surface area (Å²) in [6.07, 6.45) is 0. The molecule has 0 N–H and O–H groups in total. The first-order valence-corrected chi connectivity index (χ1v) is 11.6. The van der Waals surface area contributed by atoms with E-state index < -0.39 is 23.6 Å². The number of carbonyl (C=O) groups excluding carboxylic acids is 2. The zero-order valence-corrected chi connectivity index (χ0v) is 19.8. The van der Waals surface area contributed by atoms with Crippen LogP contribution in [0, 0.1) is 11.6 Å². The Bertz CT molecular complexity index is 1460. The van der Waals surface area contributed by atoms with Crippen molar-refractivity contribution in [3.05, 3.63) is 138 Å². The van der Waals surface area contributed by atoms with Crippen molar-refractivity contribution >= 4 is 11.9 Å². The van der Waals surface area contributed by atoms with Gasteiger partial charge in [-0.3, -0.25) is 0 Å². The second-order valence-electron chi connectivity index (χ2n) is 8.25. The van der Waals surface area contributed by atoms with Crippen LogP contribution in [0.5, 0.6) is 11.5 Å². The molecule has 1 heterocycles. The number of hydrogen-bond donors (Lipinski definition) is 0. The number of hydrogen-bond acceptors (Lipinski definition) is 5. The number of ether oxygens (including phenoxy) is 2. The van der Waals surface area contributed by atoms with E-state index in [9.17, 15) is 18.4 Å². The molecular weight excluding hydrogens is 488 g/mol. The molecule has 0 aliphatic carbocycles. The second kappa shape index (κ2) is 10.8. The SMILES string of the molecule is O=C(Oc1ccc(-c2cccc(-c3ccc(OC(=O)c4ccc(F)cc4)cc3)n2)cc1)c1ccc(F)cc1. The van der Waals surface area contributed by atoms with Crippen LogP contribution in [0.25, 0.3) is 22.5 Å². The van der Waals surface area contributed by atoms with Crippen molar-refractivity contribution in [2.24, 2.45) is 0 Å². The first kappa shape index (κ1) is 24.5. The molecule has 0 saturated heterocycles. The van der Waals surface area contributed by atoms with Gasteiger partial charge in [-0.05, 0) is 109 Å². The summed E-state index contributed by atoms with van der Waals surface area (Å²) in [5.74, 6) is -1.31. The van der Waals surface area contributed by atoms with Gasteiger partial charge in [-0.1, -0.05) is 6.07 Å². The summed E-state index contributed by atoms with van der Waals surface area (Å²) in [4.78, 5) is 29.2. The number of halogens is 2. The fourth-order valence-corrected chi connectivity index (χ4v) is 3.65. The Hall–Kier alpha value is -5.17. The highest BCUT2D eigenvalue weighted by molar-refractivity contribution is 5.91. The number of rotatable bonds is 6. The van der Waals surface area contributed by atoms with E-state index in [0.717, 1.165) is 11.1 Å². The molecule has 0 bridgehead atoms. The van der Waals surface area contributed by atoms with Crippen LogP contribution >= 0.6 is 0 Å². The van der Waals surface area contributed by atoms with Crippen LogP contribution in [0.1, 0.15) is 20.7 Å². The summed E-state index contributed by atoms with van der Waals surface area (Å²) in [6, 6.07) is 29.7. The van der Waals surface area contributed by atoms with E-state index in [1.165, 1.54) is 48.5 Å². The van der Waals surface area contributed by atoms with Crippen LogP contribution in [0.2, 0.25) is 0 Å². The summed E-state index contributed by atoms with van der Waals surface area (Å²) >= 11 is 0. The minimum atomic E-state index is -0.579. The van der Waals surface area contributed by atoms with Gasteiger partial charge in [-0.15, -0.1) is 0 Å². The number of esters is 2. The number of carbonyl (C=O) groups is 2. The summed E-state index contributed by atoms with van der Waals surface area (Å²) in [5, 5.41) is 0. The first-order valence-electron chi connectivity index (χ1n) is 11.6. The molecule has 0 aliphatic rings. The van der Waals surface area contributed by atoms with E-state index in [0.29, 0.717) is 22.9 Å². The Morgan fingerprint density at radius 3 is 1.24 bits per heavy atom. The Morgan fingerprint density at radius 2 is 0.868 bits per heavy atom. The van der Waals surface area contributed by atoms with Crippen LogP contribution in [0.4, 0.5) is 8.78 Å². The van der Waals surface area contributed by atoms with Crippen LogP contribution in [-0.4, -0.2) is 16.9 Å². The van der Waals surface area contributed by atoms with Crippen LogP contribution < -0.4 is 9.47 Å². The van der Waals surface area contributed by atoms with E-state index in [2.05, 4.69) is 0 Å². The third kappa shape index (κ3) is 5.79. The van der Waals surface area contributed by atoms with Crippen LogP contribution in [0.15, 0.2) is 115 Å². The van der Waals surface area contributed by atoms with Gasteiger partial charge in [0.25, 0.3) is 0 Å². The lowest BCUT2D eigenvalue weighted by Crippen LogP contribution is -2.08. The van der Waals surface area contributed by atoms with Crippen molar-refractivity contribution in [1.29, 1.82) is 0 Å². The highest BCUT2D eigenvalue weighted by atomic mass is 19.1. The minimum absolute atomic E-state index is 0.251. The smallest absolute Gasteiger partial charge is 0.343 e. The van der Waals surface area contributed by atoms with Gasteiger partial charge in [0.05, 0.1) is 22.5 Å². The Balaban J connectivity index is 1.26. The van der Waals surface area contributed by atoms with Crippen molar-refractivity contribution in [1.82, 2.24) is 4.98 Å². The van der Waals surface area contributed by atoms with Crippen LogP contribution in [0.3, 0.4) is 0 Å². The van der Waals surface area contributed by atoms with Gasteiger partial charge in [0.15, 0.2) is 0 Å². The molecular formula is C31H19F2NO4. The molecule has 38 heavy (non-hydrogen) atoms. The summed E-state index contributed by atoms with van der Waals surface area (Å²) in [5.41, 5.74) is 3.56. The second-order valence-corrected chi connectivity index (χ2v) is 8.25. The average Bonchev–Trinajstić information content (AvgIpc) is 2.94. The van der Waals surface area contributed by atoms with E-state index >= 15 is 0 Å². The normalized spacial score (nSPS) is 10.6. The molecule has 186 valence electrons. The van der Waals surface area contributed by atoms with E-state index in [-0.39, 0.29) is 11.1 Å². The largest absolute Gasteiger partial charge is 0.423 e. The van der Waals surface area contributed by atoms with E-state index in [1.807, 2.05) is 18.2 Å². The van der Waals surface area contributed by atoms with Crippen LogP contribution in [-0.2, 0) is 0 Å². The molecule has 0 radical (unpaired) electrons. The topological polar surface area (TPSA) is 65.5 Å². The highest BCUT2D eigenvalue weighted by Crippen LogP contribution is 2.26. The summed E-state index contributed by atoms with van der Waals surface area (Å²) in [6.45, 7) is 0. The van der Waals surface area contributed by atoms with Gasteiger partial charge < -0.3 is 9.47 Å². The lowest BCUT2D eigenvalue weighted by Gasteiger charge is -2.08. The van der Waals surface area contributed by atoms with Crippen molar-refractivity contribution in [2.45, 2.75) is 0 Å². The predicted molar refractivity (Wildman–Crippen MR) is 138 cm³/mol. The number of nitrogens with zero attached hydrogens (tertiary/aromatic N) is 1. The van der Waals surface area contributed by atoms with E-state index in [4.69, 9.17) is 14.5 Å². The molecule has 0 aliphatic heterocycles. The quantitative estimate of drug-likeness (QED) is 0.181.